The second kappa shape index (κ2) is 9.84. The summed E-state index contributed by atoms with van der Waals surface area (Å²) in [5.74, 6) is 4.75. The third-order valence-electron chi connectivity index (χ3n) is 5.87. The van der Waals surface area contributed by atoms with E-state index in [2.05, 4.69) is 15.8 Å². The molecule has 0 saturated heterocycles. The number of rotatable bonds is 7. The maximum Gasteiger partial charge on any atom is 0.349 e. The molecule has 0 radical (unpaired) electrons. The summed E-state index contributed by atoms with van der Waals surface area (Å²) in [6.07, 6.45) is 0. The van der Waals surface area contributed by atoms with Crippen LogP contribution in [0.5, 0.6) is 11.5 Å². The second-order valence-electron chi connectivity index (χ2n) is 7.78. The topological polar surface area (TPSA) is 147 Å². The number of nitrogens with two attached hydrogens (primary N) is 1. The number of carbonyl (C=O) groups is 2. The first-order valence-corrected chi connectivity index (χ1v) is 10.7. The van der Waals surface area contributed by atoms with E-state index in [0.717, 1.165) is 0 Å². The number of urea groups is 1. The van der Waals surface area contributed by atoms with Gasteiger partial charge in [-0.2, -0.15) is 5.10 Å². The highest BCUT2D eigenvalue weighted by Gasteiger charge is 2.53. The molecule has 1 aliphatic rings. The molecular formula is C25H25N5O5. The van der Waals surface area contributed by atoms with Crippen LogP contribution in [-0.2, 0) is 10.4 Å². The Hall–Kier alpha value is -4.41. The number of hydrogen-bond acceptors (Lipinski definition) is 7. The van der Waals surface area contributed by atoms with E-state index in [1.807, 2.05) is 5.43 Å². The Balaban J connectivity index is 1.96. The molecule has 1 heterocycles. The molecule has 10 heteroatoms. The smallest absolute Gasteiger partial charge is 0.349 e. The minimum atomic E-state index is -2.05. The number of carbonyl (C=O) groups excluding carboxylic acids is 2. The highest BCUT2D eigenvalue weighted by Crippen LogP contribution is 2.47. The molecular weight excluding hydrogens is 450 g/mol. The Kier molecular flexibility index (Phi) is 6.67. The standard InChI is InChI=1S/C25H25N5O5/c1-34-17-11-7-15(8-12-17)21(25(33)19-5-3-4-6-20(19)27-23(25)31)22(29-30-24(32)28-26)16-9-13-18(35-2)14-10-16/h3-14,21,33H,26H2,1-2H3,(H,27,31)(H2,28,30,32)/b29-22-/t21-,25+/m1/s1. The van der Waals surface area contributed by atoms with E-state index in [1.165, 1.54) is 0 Å². The van der Waals surface area contributed by atoms with Gasteiger partial charge < -0.3 is 19.9 Å². The molecule has 0 fully saturated rings. The first kappa shape index (κ1) is 23.7. The Morgan fingerprint density at radius 3 is 2.20 bits per heavy atom. The van der Waals surface area contributed by atoms with Gasteiger partial charge in [0.2, 0.25) is 0 Å². The van der Waals surface area contributed by atoms with Gasteiger partial charge in [0.1, 0.15) is 11.5 Å². The average molecular weight is 476 g/mol. The fraction of sp³-hybridized carbons (Fsp3) is 0.160. The van der Waals surface area contributed by atoms with Crippen molar-refractivity contribution in [3.63, 3.8) is 0 Å². The lowest BCUT2D eigenvalue weighted by Crippen LogP contribution is -2.45. The molecule has 0 bridgehead atoms. The van der Waals surface area contributed by atoms with Crippen molar-refractivity contribution in [2.75, 3.05) is 19.5 Å². The highest BCUT2D eigenvalue weighted by molar-refractivity contribution is 6.14. The Morgan fingerprint density at radius 2 is 1.60 bits per heavy atom. The molecule has 35 heavy (non-hydrogen) atoms. The monoisotopic (exact) mass is 475 g/mol. The van der Waals surface area contributed by atoms with E-state index < -0.39 is 23.5 Å². The third-order valence-corrected chi connectivity index (χ3v) is 5.87. The molecule has 180 valence electrons. The normalized spacial score (nSPS) is 17.7. The van der Waals surface area contributed by atoms with E-state index >= 15 is 0 Å². The van der Waals surface area contributed by atoms with Crippen molar-refractivity contribution in [2.24, 2.45) is 10.9 Å². The Morgan fingerprint density at radius 1 is 1.00 bits per heavy atom. The predicted molar refractivity (Wildman–Crippen MR) is 130 cm³/mol. The number of methoxy groups -OCH3 is 2. The highest BCUT2D eigenvalue weighted by atomic mass is 16.5. The van der Waals surface area contributed by atoms with Crippen LogP contribution in [0.4, 0.5) is 10.5 Å². The van der Waals surface area contributed by atoms with Gasteiger partial charge in [-0.05, 0) is 53.6 Å². The molecule has 0 unspecified atom stereocenters. The molecule has 3 aromatic carbocycles. The number of para-hydroxylation sites is 1. The molecule has 4 rings (SSSR count). The van der Waals surface area contributed by atoms with Gasteiger partial charge in [0.15, 0.2) is 5.60 Å². The summed E-state index contributed by atoms with van der Waals surface area (Å²) in [6, 6.07) is 19.9. The largest absolute Gasteiger partial charge is 0.497 e. The van der Waals surface area contributed by atoms with E-state index in [0.29, 0.717) is 33.9 Å². The van der Waals surface area contributed by atoms with E-state index in [-0.39, 0.29) is 5.71 Å². The summed E-state index contributed by atoms with van der Waals surface area (Å²) in [5.41, 5.74) is 4.41. The fourth-order valence-corrected chi connectivity index (χ4v) is 4.15. The number of aliphatic hydroxyl groups is 1. The van der Waals surface area contributed by atoms with E-state index in [9.17, 15) is 14.7 Å². The van der Waals surface area contributed by atoms with Crippen molar-refractivity contribution < 1.29 is 24.2 Å². The first-order valence-electron chi connectivity index (χ1n) is 10.7. The van der Waals surface area contributed by atoms with Crippen LogP contribution < -0.4 is 31.5 Å². The molecule has 0 spiro atoms. The summed E-state index contributed by atoms with van der Waals surface area (Å²) < 4.78 is 10.5. The minimum Gasteiger partial charge on any atom is -0.497 e. The third kappa shape index (κ3) is 4.39. The molecule has 10 nitrogen and oxygen atoms in total. The molecule has 0 saturated carbocycles. The van der Waals surface area contributed by atoms with Crippen molar-refractivity contribution in [1.29, 1.82) is 0 Å². The molecule has 0 aliphatic carbocycles. The number of nitrogens with zero attached hydrogens (tertiary/aromatic N) is 1. The molecule has 3 aromatic rings. The van der Waals surface area contributed by atoms with Crippen LogP contribution in [0.25, 0.3) is 0 Å². The van der Waals surface area contributed by atoms with Gasteiger partial charge in [-0.1, -0.05) is 30.3 Å². The zero-order valence-corrected chi connectivity index (χ0v) is 19.1. The summed E-state index contributed by atoms with van der Waals surface area (Å²) in [4.78, 5) is 25.3. The summed E-state index contributed by atoms with van der Waals surface area (Å²) >= 11 is 0. The van der Waals surface area contributed by atoms with E-state index in [4.69, 9.17) is 15.3 Å². The molecule has 2 atom stereocenters. The van der Waals surface area contributed by atoms with Gasteiger partial charge in [-0.15, -0.1) is 0 Å². The molecule has 3 amide bonds. The SMILES string of the molecule is COc1ccc(/C(=N/NC(=O)NN)[C@@H](c2ccc(OC)cc2)[C@]2(O)C(=O)Nc3ccccc32)cc1. The summed E-state index contributed by atoms with van der Waals surface area (Å²) in [6.45, 7) is 0. The van der Waals surface area contributed by atoms with Crippen molar-refractivity contribution >= 4 is 23.3 Å². The van der Waals surface area contributed by atoms with Gasteiger partial charge >= 0.3 is 6.03 Å². The number of hydrogen-bond donors (Lipinski definition) is 5. The van der Waals surface area contributed by atoms with Crippen molar-refractivity contribution in [3.8, 4) is 11.5 Å². The summed E-state index contributed by atoms with van der Waals surface area (Å²) in [7, 11) is 3.08. The number of hydrazone groups is 1. The van der Waals surface area contributed by atoms with Gasteiger partial charge in [-0.25, -0.2) is 16.1 Å². The zero-order chi connectivity index (χ0) is 25.0. The Bertz CT molecular complexity index is 1260. The van der Waals surface area contributed by atoms with Crippen LogP contribution >= 0.6 is 0 Å². The molecule has 0 aromatic heterocycles. The predicted octanol–water partition coefficient (Wildman–Crippen LogP) is 2.20. The van der Waals surface area contributed by atoms with Crippen LogP contribution in [0.1, 0.15) is 22.6 Å². The average Bonchev–Trinajstić information content (AvgIpc) is 3.16. The number of amides is 3. The lowest BCUT2D eigenvalue weighted by atomic mass is 9.73. The second-order valence-corrected chi connectivity index (χ2v) is 7.78. The van der Waals surface area contributed by atoms with Gasteiger partial charge in [0.25, 0.3) is 5.91 Å². The van der Waals surface area contributed by atoms with Crippen molar-refractivity contribution in [1.82, 2.24) is 10.9 Å². The van der Waals surface area contributed by atoms with Crippen LogP contribution in [0, 0.1) is 0 Å². The van der Waals surface area contributed by atoms with Crippen LogP contribution in [0.2, 0.25) is 0 Å². The van der Waals surface area contributed by atoms with E-state index in [1.54, 1.807) is 87.0 Å². The fourth-order valence-electron chi connectivity index (χ4n) is 4.15. The molecule has 6 N–H and O–H groups in total. The number of ether oxygens (including phenoxy) is 2. The maximum absolute atomic E-state index is 13.3. The molecule has 1 aliphatic heterocycles. The van der Waals surface area contributed by atoms with Gasteiger partial charge in [-0.3, -0.25) is 10.2 Å². The van der Waals surface area contributed by atoms with Crippen LogP contribution in [-0.4, -0.2) is 37.0 Å². The number of hydrazine groups is 1. The van der Waals surface area contributed by atoms with Crippen molar-refractivity contribution in [3.05, 3.63) is 89.5 Å². The van der Waals surface area contributed by atoms with Crippen LogP contribution in [0.15, 0.2) is 77.9 Å². The quantitative estimate of drug-likeness (QED) is 0.153. The number of fused-ring (bicyclic) bond motifs is 1. The first-order chi connectivity index (χ1) is 16.9. The zero-order valence-electron chi connectivity index (χ0n) is 19.1. The van der Waals surface area contributed by atoms with Crippen molar-refractivity contribution in [2.45, 2.75) is 11.5 Å². The van der Waals surface area contributed by atoms with Crippen LogP contribution in [0.3, 0.4) is 0 Å². The number of anilines is 1. The lowest BCUT2D eigenvalue weighted by Gasteiger charge is -2.33. The minimum absolute atomic E-state index is 0.218. The van der Waals surface area contributed by atoms with Gasteiger partial charge in [0.05, 0.1) is 25.8 Å². The lowest BCUT2D eigenvalue weighted by molar-refractivity contribution is -0.134. The number of benzene rings is 3. The van der Waals surface area contributed by atoms with Gasteiger partial charge in [0, 0.05) is 11.3 Å². The number of nitrogens with one attached hydrogen (secondary N) is 3. The summed E-state index contributed by atoms with van der Waals surface area (Å²) in [5, 5.41) is 19.2. The Labute approximate surface area is 201 Å². The maximum atomic E-state index is 13.3.